The first-order valence-corrected chi connectivity index (χ1v) is 11.4. The van der Waals surface area contributed by atoms with Crippen molar-refractivity contribution in [3.05, 3.63) is 53.5 Å². The van der Waals surface area contributed by atoms with Crippen LogP contribution in [-0.4, -0.2) is 41.0 Å². The normalized spacial score (nSPS) is 13.0. The van der Waals surface area contributed by atoms with Crippen LogP contribution in [0, 0.1) is 0 Å². The molecule has 0 radical (unpaired) electrons. The van der Waals surface area contributed by atoms with Gasteiger partial charge in [-0.25, -0.2) is 0 Å². The molecule has 0 aliphatic carbocycles. The van der Waals surface area contributed by atoms with Gasteiger partial charge in [-0.05, 0) is 12.1 Å². The molecule has 0 aliphatic rings. The van der Waals surface area contributed by atoms with E-state index < -0.39 is 62.8 Å². The largest absolute Gasteiger partial charge is 0.327 e. The highest BCUT2D eigenvalue weighted by Crippen LogP contribution is 2.34. The third-order valence-corrected chi connectivity index (χ3v) is 5.85. The minimum atomic E-state index is -4.45. The summed E-state index contributed by atoms with van der Waals surface area (Å²) in [5.41, 5.74) is -3.43. The lowest BCUT2D eigenvalue weighted by Gasteiger charge is -2.02. The Bertz CT molecular complexity index is 1210. The van der Waals surface area contributed by atoms with Crippen LogP contribution in [-0.2, 0) is 22.2 Å². The van der Waals surface area contributed by atoms with E-state index in [1.165, 1.54) is 0 Å². The minimum absolute atomic E-state index is 0.188. The van der Waals surface area contributed by atoms with Crippen LogP contribution in [0.4, 0.5) is 0 Å². The summed E-state index contributed by atoms with van der Waals surface area (Å²) in [5.74, 6) is 0. The van der Waals surface area contributed by atoms with E-state index in [4.69, 9.17) is 19.6 Å². The maximum absolute atomic E-state index is 12.4. The average Bonchev–Trinajstić information content (AvgIpc) is 2.94. The summed E-state index contributed by atoms with van der Waals surface area (Å²) in [6.07, 6.45) is -1.46. The van der Waals surface area contributed by atoms with E-state index >= 15 is 0 Å². The number of aromatic nitrogens is 2. The Kier molecular flexibility index (Phi) is 4.91. The summed E-state index contributed by atoms with van der Waals surface area (Å²) in [6.45, 7) is -1.06. The van der Waals surface area contributed by atoms with E-state index in [9.17, 15) is 28.3 Å². The summed E-state index contributed by atoms with van der Waals surface area (Å²) >= 11 is 0. The molecule has 0 spiro atoms. The van der Waals surface area contributed by atoms with Gasteiger partial charge in [0.05, 0.1) is 33.9 Å². The number of benzene rings is 1. The molecule has 4 N–H and O–H groups in total. The smallest absolute Gasteiger partial charge is 0.324 e. The fourth-order valence-corrected chi connectivity index (χ4v) is 3.86. The van der Waals surface area contributed by atoms with Crippen molar-refractivity contribution in [2.45, 2.75) is 13.1 Å². The molecule has 3 rings (SSSR count). The summed E-state index contributed by atoms with van der Waals surface area (Å²) in [5, 5.41) is -0.750. The highest BCUT2D eigenvalue weighted by molar-refractivity contribution is 7.52. The quantitative estimate of drug-likeness (QED) is 0.325. The van der Waals surface area contributed by atoms with Gasteiger partial charge in [0, 0.05) is 13.1 Å². The highest BCUT2D eigenvalue weighted by Gasteiger charge is 2.22. The van der Waals surface area contributed by atoms with Gasteiger partial charge in [-0.2, -0.15) is 0 Å². The van der Waals surface area contributed by atoms with Crippen LogP contribution in [0.25, 0.3) is 21.5 Å². The van der Waals surface area contributed by atoms with E-state index in [0.29, 0.717) is 9.13 Å². The minimum Gasteiger partial charge on any atom is -0.324 e. The molecule has 0 unspecified atom stereocenters. The molecule has 2 aromatic heterocycles. The maximum atomic E-state index is 12.4. The number of hydrogen-bond acceptors (Lipinski definition) is 6. The number of hydrogen-bond donors (Lipinski definition) is 4. The van der Waals surface area contributed by atoms with Crippen molar-refractivity contribution in [1.82, 2.24) is 9.13 Å². The van der Waals surface area contributed by atoms with Crippen molar-refractivity contribution in [1.29, 1.82) is 0 Å². The first kappa shape index (κ1) is 20.5. The van der Waals surface area contributed by atoms with E-state index in [-0.39, 0.29) is 21.5 Å². The Morgan fingerprint density at radius 2 is 0.857 bits per heavy atom. The lowest BCUT2D eigenvalue weighted by Crippen LogP contribution is -2.27. The Labute approximate surface area is 154 Å². The third-order valence-electron chi connectivity index (χ3n) is 4.29. The fraction of sp³-hybridized carbons (Fsp3) is 0.286. The SMILES string of the molecule is O=c1c2cc3c(=O)n(CCP(=O)(O)O)c(=O)c3cc2c(=O)n1CCP(=O)(O)O. The topological polar surface area (TPSA) is 193 Å². The van der Waals surface area contributed by atoms with Crippen LogP contribution in [0.15, 0.2) is 31.3 Å². The van der Waals surface area contributed by atoms with Crippen molar-refractivity contribution < 1.29 is 28.7 Å². The summed E-state index contributed by atoms with van der Waals surface area (Å²) in [6, 6.07) is 2.08. The van der Waals surface area contributed by atoms with Gasteiger partial charge in [0.25, 0.3) is 22.2 Å². The van der Waals surface area contributed by atoms with Crippen molar-refractivity contribution in [3.8, 4) is 0 Å². The van der Waals surface area contributed by atoms with Gasteiger partial charge in [0.1, 0.15) is 0 Å². The monoisotopic (exact) mass is 432 g/mol. The molecule has 0 saturated carbocycles. The standard InChI is InChI=1S/C14H14N2O10P2/c17-11-7-5-9-10(14(20)16(13(9)19)2-4-28(24,25)26)6-8(7)12(18)15(11)1-3-27(21,22)23/h5-6H,1-4H2,(H2,21,22,23)(H2,24,25,26). The molecular weight excluding hydrogens is 418 g/mol. The molecule has 2 heterocycles. The summed E-state index contributed by atoms with van der Waals surface area (Å²) in [4.78, 5) is 85.2. The first-order valence-electron chi connectivity index (χ1n) is 7.80. The Morgan fingerprint density at radius 1 is 0.607 bits per heavy atom. The molecule has 0 atom stereocenters. The molecule has 0 bridgehead atoms. The molecule has 150 valence electrons. The Balaban J connectivity index is 2.19. The number of rotatable bonds is 6. The van der Waals surface area contributed by atoms with Gasteiger partial charge in [-0.3, -0.25) is 37.4 Å². The lowest BCUT2D eigenvalue weighted by atomic mass is 10.1. The molecule has 0 fully saturated rings. The van der Waals surface area contributed by atoms with Crippen LogP contribution in [0.3, 0.4) is 0 Å². The fourth-order valence-electron chi connectivity index (χ4n) is 2.94. The van der Waals surface area contributed by atoms with E-state index in [1.54, 1.807) is 0 Å². The molecule has 28 heavy (non-hydrogen) atoms. The molecule has 1 aromatic carbocycles. The van der Waals surface area contributed by atoms with Gasteiger partial charge in [0.15, 0.2) is 0 Å². The highest BCUT2D eigenvalue weighted by atomic mass is 31.2. The van der Waals surface area contributed by atoms with Crippen LogP contribution < -0.4 is 22.2 Å². The molecule has 0 saturated heterocycles. The second-order valence-corrected chi connectivity index (χ2v) is 9.80. The van der Waals surface area contributed by atoms with Crippen LogP contribution in [0.5, 0.6) is 0 Å². The zero-order valence-corrected chi connectivity index (χ0v) is 15.8. The van der Waals surface area contributed by atoms with Crippen molar-refractivity contribution in [2.24, 2.45) is 0 Å². The van der Waals surface area contributed by atoms with E-state index in [1.807, 2.05) is 0 Å². The molecule has 3 aromatic rings. The Hall–Kier alpha value is -2.20. The molecule has 12 nitrogen and oxygen atoms in total. The third kappa shape index (κ3) is 3.70. The van der Waals surface area contributed by atoms with Crippen LogP contribution in [0.1, 0.15) is 0 Å². The summed E-state index contributed by atoms with van der Waals surface area (Å²) in [7, 11) is -8.91. The van der Waals surface area contributed by atoms with Crippen LogP contribution >= 0.6 is 15.2 Å². The van der Waals surface area contributed by atoms with Gasteiger partial charge in [0.2, 0.25) is 0 Å². The number of fused-ring (bicyclic) bond motifs is 2. The lowest BCUT2D eigenvalue weighted by molar-refractivity contribution is 0.367. The maximum Gasteiger partial charge on any atom is 0.327 e. The zero-order valence-electron chi connectivity index (χ0n) is 14.0. The van der Waals surface area contributed by atoms with Gasteiger partial charge in [-0.1, -0.05) is 0 Å². The second kappa shape index (κ2) is 6.70. The van der Waals surface area contributed by atoms with Gasteiger partial charge < -0.3 is 19.6 Å². The second-order valence-electron chi connectivity index (χ2n) is 6.24. The Morgan fingerprint density at radius 3 is 1.07 bits per heavy atom. The molecular formula is C14H14N2O10P2. The first-order chi connectivity index (χ1) is 12.8. The van der Waals surface area contributed by atoms with Crippen molar-refractivity contribution >= 4 is 36.7 Å². The summed E-state index contributed by atoms with van der Waals surface area (Å²) < 4.78 is 23.2. The van der Waals surface area contributed by atoms with E-state index in [2.05, 4.69) is 0 Å². The predicted molar refractivity (Wildman–Crippen MR) is 98.7 cm³/mol. The van der Waals surface area contributed by atoms with E-state index in [0.717, 1.165) is 12.1 Å². The van der Waals surface area contributed by atoms with Crippen LogP contribution in [0.2, 0.25) is 0 Å². The van der Waals surface area contributed by atoms with Crippen molar-refractivity contribution in [3.63, 3.8) is 0 Å². The molecule has 14 heteroatoms. The molecule has 0 amide bonds. The zero-order chi connectivity index (χ0) is 21.0. The van der Waals surface area contributed by atoms with Gasteiger partial charge in [-0.15, -0.1) is 0 Å². The number of nitrogens with zero attached hydrogens (tertiary/aromatic N) is 2. The van der Waals surface area contributed by atoms with Crippen molar-refractivity contribution in [2.75, 3.05) is 12.3 Å². The van der Waals surface area contributed by atoms with Gasteiger partial charge >= 0.3 is 15.2 Å². The average molecular weight is 432 g/mol. The molecule has 0 aliphatic heterocycles. The predicted octanol–water partition coefficient (Wildman–Crippen LogP) is -1.73.